The van der Waals surface area contributed by atoms with Crippen molar-refractivity contribution in [2.75, 3.05) is 6.54 Å². The van der Waals surface area contributed by atoms with Gasteiger partial charge in [-0.15, -0.1) is 0 Å². The maximum absolute atomic E-state index is 12.4. The highest BCUT2D eigenvalue weighted by Crippen LogP contribution is 2.16. The third kappa shape index (κ3) is 3.46. The lowest BCUT2D eigenvalue weighted by Gasteiger charge is -2.16. The predicted octanol–water partition coefficient (Wildman–Crippen LogP) is -1.31. The van der Waals surface area contributed by atoms with Crippen LogP contribution in [0.5, 0.6) is 0 Å². The van der Waals surface area contributed by atoms with Crippen LogP contribution >= 0.6 is 0 Å². The fraction of sp³-hybridized carbons (Fsp3) is 0.474. The summed E-state index contributed by atoms with van der Waals surface area (Å²) in [6, 6.07) is 1.64. The van der Waals surface area contributed by atoms with Crippen molar-refractivity contribution in [3.63, 3.8) is 0 Å². The topological polar surface area (TPSA) is 126 Å². The van der Waals surface area contributed by atoms with Crippen molar-refractivity contribution >= 4 is 17.1 Å². The Morgan fingerprint density at radius 3 is 2.70 bits per heavy atom. The second kappa shape index (κ2) is 7.73. The van der Waals surface area contributed by atoms with E-state index in [-0.39, 0.29) is 42.3 Å². The predicted molar refractivity (Wildman–Crippen MR) is 108 cm³/mol. The molecule has 3 aromatic rings. The van der Waals surface area contributed by atoms with Crippen molar-refractivity contribution in [3.05, 3.63) is 54.8 Å². The van der Waals surface area contributed by atoms with Gasteiger partial charge in [0.2, 0.25) is 5.91 Å². The Bertz CT molecular complexity index is 1310. The summed E-state index contributed by atoms with van der Waals surface area (Å²) in [7, 11) is 2.90. The molecule has 0 fully saturated rings. The van der Waals surface area contributed by atoms with Crippen LogP contribution in [0.3, 0.4) is 0 Å². The van der Waals surface area contributed by atoms with Crippen molar-refractivity contribution in [1.82, 2.24) is 33.8 Å². The summed E-state index contributed by atoms with van der Waals surface area (Å²) in [6.45, 7) is 0.364. The molecule has 4 rings (SSSR count). The van der Waals surface area contributed by atoms with E-state index in [9.17, 15) is 19.2 Å². The smallest absolute Gasteiger partial charge is 0.332 e. The fourth-order valence-electron chi connectivity index (χ4n) is 3.79. The van der Waals surface area contributed by atoms with Crippen molar-refractivity contribution in [2.45, 2.75) is 38.8 Å². The number of aryl methyl sites for hydroxylation is 3. The summed E-state index contributed by atoms with van der Waals surface area (Å²) >= 11 is 0. The number of amides is 1. The zero-order valence-electron chi connectivity index (χ0n) is 16.9. The molecule has 1 aliphatic rings. The zero-order valence-corrected chi connectivity index (χ0v) is 16.9. The highest BCUT2D eigenvalue weighted by Gasteiger charge is 2.16. The van der Waals surface area contributed by atoms with Gasteiger partial charge in [0, 0.05) is 26.7 Å². The molecule has 0 saturated heterocycles. The van der Waals surface area contributed by atoms with Gasteiger partial charge in [0.15, 0.2) is 11.2 Å². The van der Waals surface area contributed by atoms with Crippen LogP contribution in [-0.2, 0) is 44.8 Å². The summed E-state index contributed by atoms with van der Waals surface area (Å²) in [6.07, 6.45) is 5.26. The molecule has 1 N–H and O–H groups in total. The number of carbonyl (C=O) groups excluding carboxylic acids is 1. The number of fused-ring (bicyclic) bond motifs is 2. The first kappa shape index (κ1) is 19.8. The fourth-order valence-corrected chi connectivity index (χ4v) is 3.79. The third-order valence-corrected chi connectivity index (χ3v) is 5.45. The monoisotopic (exact) mass is 413 g/mol. The number of nitrogens with zero attached hydrogens (tertiary/aromatic N) is 6. The SMILES string of the molecule is Cn1c(=O)c2c(ncn2CC(=O)NCCn2nc3c(cc2=O)CCCC3)n(C)c1=O. The van der Waals surface area contributed by atoms with Crippen LogP contribution in [0.1, 0.15) is 24.1 Å². The van der Waals surface area contributed by atoms with Crippen molar-refractivity contribution < 1.29 is 4.79 Å². The molecule has 0 unspecified atom stereocenters. The quantitative estimate of drug-likeness (QED) is 0.553. The van der Waals surface area contributed by atoms with Gasteiger partial charge in [-0.05, 0) is 31.2 Å². The molecule has 0 saturated carbocycles. The van der Waals surface area contributed by atoms with Gasteiger partial charge in [-0.25, -0.2) is 14.5 Å². The number of rotatable bonds is 5. The molecule has 11 nitrogen and oxygen atoms in total. The van der Waals surface area contributed by atoms with E-state index in [4.69, 9.17) is 0 Å². The molecule has 0 atom stereocenters. The first-order valence-corrected chi connectivity index (χ1v) is 9.84. The Balaban J connectivity index is 1.45. The molecule has 3 heterocycles. The molecule has 0 aliphatic heterocycles. The number of hydrogen-bond donors (Lipinski definition) is 1. The molecule has 30 heavy (non-hydrogen) atoms. The van der Waals surface area contributed by atoms with Crippen LogP contribution in [0.25, 0.3) is 11.2 Å². The molecule has 11 heteroatoms. The Morgan fingerprint density at radius 2 is 1.90 bits per heavy atom. The molecular formula is C19H23N7O4. The third-order valence-electron chi connectivity index (χ3n) is 5.45. The van der Waals surface area contributed by atoms with E-state index in [2.05, 4.69) is 15.4 Å². The minimum absolute atomic E-state index is 0.129. The summed E-state index contributed by atoms with van der Waals surface area (Å²) in [5.41, 5.74) is 1.22. The van der Waals surface area contributed by atoms with Crippen molar-refractivity contribution in [2.24, 2.45) is 14.1 Å². The number of imidazole rings is 1. The van der Waals surface area contributed by atoms with Gasteiger partial charge in [0.05, 0.1) is 18.6 Å². The largest absolute Gasteiger partial charge is 0.353 e. The molecular weight excluding hydrogens is 390 g/mol. The van der Waals surface area contributed by atoms with Gasteiger partial charge in [-0.2, -0.15) is 5.10 Å². The van der Waals surface area contributed by atoms with Crippen molar-refractivity contribution in [3.8, 4) is 0 Å². The van der Waals surface area contributed by atoms with E-state index in [0.29, 0.717) is 0 Å². The molecule has 3 aromatic heterocycles. The van der Waals surface area contributed by atoms with E-state index >= 15 is 0 Å². The van der Waals surface area contributed by atoms with Crippen LogP contribution < -0.4 is 22.1 Å². The molecule has 158 valence electrons. The Morgan fingerprint density at radius 1 is 1.13 bits per heavy atom. The number of hydrogen-bond acceptors (Lipinski definition) is 6. The van der Waals surface area contributed by atoms with Gasteiger partial charge in [-0.3, -0.25) is 23.5 Å². The van der Waals surface area contributed by atoms with Crippen LogP contribution in [0, 0.1) is 0 Å². The van der Waals surface area contributed by atoms with Crippen LogP contribution in [0.4, 0.5) is 0 Å². The highest BCUT2D eigenvalue weighted by molar-refractivity contribution is 5.78. The number of aromatic nitrogens is 6. The summed E-state index contributed by atoms with van der Waals surface area (Å²) in [5.74, 6) is -0.337. The van der Waals surface area contributed by atoms with Crippen molar-refractivity contribution in [1.29, 1.82) is 0 Å². The Hall–Kier alpha value is -3.50. The maximum Gasteiger partial charge on any atom is 0.332 e. The molecule has 0 bridgehead atoms. The van der Waals surface area contributed by atoms with E-state index in [1.54, 1.807) is 6.07 Å². The second-order valence-corrected chi connectivity index (χ2v) is 7.49. The Labute approximate surface area is 170 Å². The standard InChI is InChI=1S/C19H23N7O4/c1-23-17-16(18(29)24(2)19(23)30)25(11-21-17)10-14(27)20-7-8-26-15(28)9-12-5-3-4-6-13(12)22-26/h9,11H,3-8,10H2,1-2H3,(H,20,27). The summed E-state index contributed by atoms with van der Waals surface area (Å²) < 4.78 is 5.03. The van der Waals surface area contributed by atoms with Gasteiger partial charge in [0.25, 0.3) is 11.1 Å². The molecule has 0 radical (unpaired) electrons. The van der Waals surface area contributed by atoms with Crippen LogP contribution in [0.15, 0.2) is 26.8 Å². The summed E-state index contributed by atoms with van der Waals surface area (Å²) in [5, 5.41) is 7.16. The molecule has 0 aromatic carbocycles. The van der Waals surface area contributed by atoms with Crippen LogP contribution in [-0.4, -0.2) is 40.9 Å². The lowest BCUT2D eigenvalue weighted by Crippen LogP contribution is -2.38. The van der Waals surface area contributed by atoms with Gasteiger partial charge >= 0.3 is 5.69 Å². The maximum atomic E-state index is 12.4. The van der Waals surface area contributed by atoms with Gasteiger partial charge in [-0.1, -0.05) is 0 Å². The van der Waals surface area contributed by atoms with Gasteiger partial charge < -0.3 is 9.88 Å². The first-order valence-electron chi connectivity index (χ1n) is 9.84. The van der Waals surface area contributed by atoms with Crippen LogP contribution in [0.2, 0.25) is 0 Å². The Kier molecular flexibility index (Phi) is 5.10. The van der Waals surface area contributed by atoms with E-state index < -0.39 is 11.2 Å². The molecule has 0 spiro atoms. The lowest BCUT2D eigenvalue weighted by atomic mass is 9.97. The van der Waals surface area contributed by atoms with E-state index in [0.717, 1.165) is 41.5 Å². The average Bonchev–Trinajstić information content (AvgIpc) is 3.14. The lowest BCUT2D eigenvalue weighted by molar-refractivity contribution is -0.121. The average molecular weight is 413 g/mol. The molecule has 1 amide bonds. The first-order chi connectivity index (χ1) is 14.4. The minimum Gasteiger partial charge on any atom is -0.353 e. The normalized spacial score (nSPS) is 13.4. The highest BCUT2D eigenvalue weighted by atomic mass is 16.2. The van der Waals surface area contributed by atoms with E-state index in [1.807, 2.05) is 0 Å². The number of nitrogens with one attached hydrogen (secondary N) is 1. The summed E-state index contributed by atoms with van der Waals surface area (Å²) in [4.78, 5) is 53.1. The minimum atomic E-state index is -0.511. The molecule has 1 aliphatic carbocycles. The van der Waals surface area contributed by atoms with E-state index in [1.165, 1.54) is 34.2 Å². The number of carbonyl (C=O) groups is 1. The second-order valence-electron chi connectivity index (χ2n) is 7.49. The van der Waals surface area contributed by atoms with Gasteiger partial charge in [0.1, 0.15) is 6.54 Å². The zero-order chi connectivity index (χ0) is 21.4.